The Kier molecular flexibility index (Phi) is 6.52. The van der Waals surface area contributed by atoms with Crippen LogP contribution in [0.2, 0.25) is 0 Å². The third kappa shape index (κ3) is 5.01. The second kappa shape index (κ2) is 8.40. The normalized spacial score (nSPS) is 18.6. The van der Waals surface area contributed by atoms with Crippen molar-refractivity contribution in [1.82, 2.24) is 9.80 Å². The minimum absolute atomic E-state index is 0.568. The fraction of sp³-hybridized carbons (Fsp3) is 0.667. The van der Waals surface area contributed by atoms with Gasteiger partial charge in [0, 0.05) is 32.7 Å². The molecule has 0 aliphatic carbocycles. The summed E-state index contributed by atoms with van der Waals surface area (Å²) in [5.41, 5.74) is 1.35. The van der Waals surface area contributed by atoms with Gasteiger partial charge < -0.3 is 14.5 Å². The lowest BCUT2D eigenvalue weighted by Crippen LogP contribution is -2.44. The molecular formula is C18H30N2O. The molecule has 0 amide bonds. The highest BCUT2D eigenvalue weighted by atomic mass is 16.5. The Labute approximate surface area is 129 Å². The number of rotatable bonds is 7. The standard InChI is InChI=1S/C18H30N2O/c1-4-16(2)17-8-5-6-9-18(17)21-15-7-10-20-13-11-19(3)12-14-20/h5-6,8-9,16H,4,7,10-15H2,1-3H3. The van der Waals surface area contributed by atoms with Crippen molar-refractivity contribution < 1.29 is 4.74 Å². The van der Waals surface area contributed by atoms with E-state index >= 15 is 0 Å². The van der Waals surface area contributed by atoms with Crippen molar-refractivity contribution in [3.63, 3.8) is 0 Å². The van der Waals surface area contributed by atoms with Crippen molar-refractivity contribution in [2.75, 3.05) is 46.4 Å². The Morgan fingerprint density at radius 2 is 1.86 bits per heavy atom. The average Bonchev–Trinajstić information content (AvgIpc) is 2.53. The van der Waals surface area contributed by atoms with Crippen LogP contribution in [0.5, 0.6) is 5.75 Å². The average molecular weight is 290 g/mol. The molecule has 1 aliphatic heterocycles. The van der Waals surface area contributed by atoms with Crippen LogP contribution in [0.25, 0.3) is 0 Å². The zero-order chi connectivity index (χ0) is 15.1. The molecule has 1 saturated heterocycles. The zero-order valence-corrected chi connectivity index (χ0v) is 13.8. The molecule has 1 aliphatic rings. The van der Waals surface area contributed by atoms with Gasteiger partial charge in [0.05, 0.1) is 6.61 Å². The lowest BCUT2D eigenvalue weighted by atomic mass is 9.98. The Morgan fingerprint density at radius 1 is 1.14 bits per heavy atom. The molecule has 1 heterocycles. The van der Waals surface area contributed by atoms with E-state index in [9.17, 15) is 0 Å². The first kappa shape index (κ1) is 16.3. The molecule has 3 nitrogen and oxygen atoms in total. The second-order valence-electron chi connectivity index (χ2n) is 6.19. The molecule has 118 valence electrons. The van der Waals surface area contributed by atoms with Gasteiger partial charge in [0.15, 0.2) is 0 Å². The highest BCUT2D eigenvalue weighted by Crippen LogP contribution is 2.28. The van der Waals surface area contributed by atoms with Crippen LogP contribution in [0.1, 0.15) is 38.2 Å². The van der Waals surface area contributed by atoms with Crippen molar-refractivity contribution in [2.45, 2.75) is 32.6 Å². The maximum Gasteiger partial charge on any atom is 0.122 e. The molecule has 1 aromatic rings. The highest BCUT2D eigenvalue weighted by molar-refractivity contribution is 5.35. The van der Waals surface area contributed by atoms with Gasteiger partial charge in [-0.3, -0.25) is 0 Å². The largest absolute Gasteiger partial charge is 0.493 e. The molecule has 3 heteroatoms. The number of benzene rings is 1. The van der Waals surface area contributed by atoms with Gasteiger partial charge in [-0.1, -0.05) is 32.0 Å². The van der Waals surface area contributed by atoms with Crippen LogP contribution in [0, 0.1) is 0 Å². The van der Waals surface area contributed by atoms with Crippen molar-refractivity contribution >= 4 is 0 Å². The minimum Gasteiger partial charge on any atom is -0.493 e. The third-order valence-electron chi connectivity index (χ3n) is 4.53. The van der Waals surface area contributed by atoms with Crippen LogP contribution in [-0.4, -0.2) is 56.2 Å². The summed E-state index contributed by atoms with van der Waals surface area (Å²) < 4.78 is 6.04. The van der Waals surface area contributed by atoms with Crippen LogP contribution in [0.3, 0.4) is 0 Å². The van der Waals surface area contributed by atoms with Crippen molar-refractivity contribution in [2.24, 2.45) is 0 Å². The first-order valence-corrected chi connectivity index (χ1v) is 8.33. The van der Waals surface area contributed by atoms with Gasteiger partial charge in [-0.25, -0.2) is 0 Å². The molecule has 1 fully saturated rings. The fourth-order valence-corrected chi connectivity index (χ4v) is 2.78. The van der Waals surface area contributed by atoms with Gasteiger partial charge in [0.25, 0.3) is 0 Å². The molecule has 0 bridgehead atoms. The minimum atomic E-state index is 0.568. The van der Waals surface area contributed by atoms with E-state index in [1.54, 1.807) is 0 Å². The summed E-state index contributed by atoms with van der Waals surface area (Å²) in [6.07, 6.45) is 2.26. The number of likely N-dealkylation sites (N-methyl/N-ethyl adjacent to an activating group) is 1. The number of ether oxygens (including phenoxy) is 1. The fourth-order valence-electron chi connectivity index (χ4n) is 2.78. The third-order valence-corrected chi connectivity index (χ3v) is 4.53. The Morgan fingerprint density at radius 3 is 2.57 bits per heavy atom. The molecule has 0 saturated carbocycles. The van der Waals surface area contributed by atoms with Crippen LogP contribution in [-0.2, 0) is 0 Å². The molecule has 1 unspecified atom stereocenters. The van der Waals surface area contributed by atoms with Gasteiger partial charge in [0.1, 0.15) is 5.75 Å². The van der Waals surface area contributed by atoms with E-state index in [2.05, 4.69) is 55.0 Å². The summed E-state index contributed by atoms with van der Waals surface area (Å²) in [7, 11) is 2.20. The van der Waals surface area contributed by atoms with Gasteiger partial charge in [-0.2, -0.15) is 0 Å². The predicted octanol–water partition coefficient (Wildman–Crippen LogP) is 3.22. The van der Waals surface area contributed by atoms with E-state index in [0.29, 0.717) is 5.92 Å². The Bertz CT molecular complexity index is 413. The molecule has 0 spiro atoms. The predicted molar refractivity (Wildman–Crippen MR) is 89.2 cm³/mol. The van der Waals surface area contributed by atoms with Crippen LogP contribution in [0.15, 0.2) is 24.3 Å². The molecular weight excluding hydrogens is 260 g/mol. The summed E-state index contributed by atoms with van der Waals surface area (Å²) in [5, 5.41) is 0. The lowest BCUT2D eigenvalue weighted by molar-refractivity contribution is 0.145. The topological polar surface area (TPSA) is 15.7 Å². The number of para-hydroxylation sites is 1. The number of hydrogen-bond donors (Lipinski definition) is 0. The van der Waals surface area contributed by atoms with E-state index in [0.717, 1.165) is 31.7 Å². The van der Waals surface area contributed by atoms with E-state index in [1.807, 2.05) is 0 Å². The number of nitrogens with zero attached hydrogens (tertiary/aromatic N) is 2. The molecule has 0 radical (unpaired) electrons. The first-order chi connectivity index (χ1) is 10.2. The quantitative estimate of drug-likeness (QED) is 0.717. The molecule has 0 aromatic heterocycles. The van der Waals surface area contributed by atoms with Crippen LogP contribution in [0.4, 0.5) is 0 Å². The smallest absolute Gasteiger partial charge is 0.122 e. The lowest BCUT2D eigenvalue weighted by Gasteiger charge is -2.32. The van der Waals surface area contributed by atoms with Gasteiger partial charge >= 0.3 is 0 Å². The summed E-state index contributed by atoms with van der Waals surface area (Å²) >= 11 is 0. The van der Waals surface area contributed by atoms with Crippen molar-refractivity contribution in [3.05, 3.63) is 29.8 Å². The van der Waals surface area contributed by atoms with E-state index in [1.165, 1.54) is 31.7 Å². The zero-order valence-electron chi connectivity index (χ0n) is 13.8. The maximum atomic E-state index is 6.04. The molecule has 21 heavy (non-hydrogen) atoms. The van der Waals surface area contributed by atoms with Gasteiger partial charge in [-0.15, -0.1) is 0 Å². The van der Waals surface area contributed by atoms with E-state index < -0.39 is 0 Å². The number of hydrogen-bond acceptors (Lipinski definition) is 3. The maximum absolute atomic E-state index is 6.04. The second-order valence-corrected chi connectivity index (χ2v) is 6.19. The first-order valence-electron chi connectivity index (χ1n) is 8.33. The van der Waals surface area contributed by atoms with Crippen LogP contribution < -0.4 is 4.74 Å². The molecule has 2 rings (SSSR count). The number of piperazine rings is 1. The summed E-state index contributed by atoms with van der Waals surface area (Å²) in [4.78, 5) is 4.94. The molecule has 1 atom stereocenters. The molecule has 1 aromatic carbocycles. The summed E-state index contributed by atoms with van der Waals surface area (Å²) in [6.45, 7) is 11.2. The van der Waals surface area contributed by atoms with Crippen molar-refractivity contribution in [1.29, 1.82) is 0 Å². The Hall–Kier alpha value is -1.06. The van der Waals surface area contributed by atoms with Gasteiger partial charge in [-0.05, 0) is 37.4 Å². The van der Waals surface area contributed by atoms with Crippen LogP contribution >= 0.6 is 0 Å². The SMILES string of the molecule is CCC(C)c1ccccc1OCCCN1CCN(C)CC1. The Balaban J connectivity index is 1.73. The van der Waals surface area contributed by atoms with Gasteiger partial charge in [0.2, 0.25) is 0 Å². The van der Waals surface area contributed by atoms with E-state index in [-0.39, 0.29) is 0 Å². The monoisotopic (exact) mass is 290 g/mol. The highest BCUT2D eigenvalue weighted by Gasteiger charge is 2.13. The summed E-state index contributed by atoms with van der Waals surface area (Å²) in [5.74, 6) is 1.64. The van der Waals surface area contributed by atoms with E-state index in [4.69, 9.17) is 4.74 Å². The summed E-state index contributed by atoms with van der Waals surface area (Å²) in [6, 6.07) is 8.49. The van der Waals surface area contributed by atoms with Crippen molar-refractivity contribution in [3.8, 4) is 5.75 Å². The molecule has 0 N–H and O–H groups in total.